The van der Waals surface area contributed by atoms with Crippen LogP contribution in [0.15, 0.2) is 48.5 Å². The molecule has 0 aromatic heterocycles. The number of alkyl carbamates (subject to hydrolysis) is 1. The lowest BCUT2D eigenvalue weighted by Gasteiger charge is -2.22. The van der Waals surface area contributed by atoms with Crippen molar-refractivity contribution in [3.63, 3.8) is 0 Å². The average Bonchev–Trinajstić information content (AvgIpc) is 3.61. The third-order valence-electron chi connectivity index (χ3n) is 6.56. The monoisotopic (exact) mass is 450 g/mol. The van der Waals surface area contributed by atoms with Crippen LogP contribution >= 0.6 is 0 Å². The van der Waals surface area contributed by atoms with Crippen molar-refractivity contribution in [2.24, 2.45) is 5.92 Å². The molecule has 1 fully saturated rings. The lowest BCUT2D eigenvalue weighted by atomic mass is 9.98. The molecule has 0 radical (unpaired) electrons. The molecule has 3 N–H and O–H groups in total. The Balaban J connectivity index is 1.40. The maximum atomic E-state index is 12.8. The Morgan fingerprint density at radius 3 is 2.15 bits per heavy atom. The molecule has 0 spiro atoms. The van der Waals surface area contributed by atoms with Crippen molar-refractivity contribution in [1.82, 2.24) is 10.6 Å². The summed E-state index contributed by atoms with van der Waals surface area (Å²) in [5.41, 5.74) is 4.46. The van der Waals surface area contributed by atoms with E-state index in [0.717, 1.165) is 41.5 Å². The van der Waals surface area contributed by atoms with E-state index < -0.39 is 18.1 Å². The zero-order valence-corrected chi connectivity index (χ0v) is 18.8. The number of rotatable bonds is 10. The van der Waals surface area contributed by atoms with Crippen LogP contribution in [0.5, 0.6) is 0 Å². The second-order valence-corrected chi connectivity index (χ2v) is 8.82. The lowest BCUT2D eigenvalue weighted by Crippen LogP contribution is -2.50. The predicted molar refractivity (Wildman–Crippen MR) is 124 cm³/mol. The number of amides is 2. The largest absolute Gasteiger partial charge is 0.481 e. The third kappa shape index (κ3) is 5.35. The van der Waals surface area contributed by atoms with Crippen molar-refractivity contribution in [3.8, 4) is 11.1 Å². The van der Waals surface area contributed by atoms with E-state index in [0.29, 0.717) is 5.92 Å². The number of carboxylic acid groups (broad SMARTS) is 1. The molecule has 0 aliphatic heterocycles. The number of hydrogen-bond donors (Lipinski definition) is 3. The number of hydrogen-bond acceptors (Lipinski definition) is 4. The van der Waals surface area contributed by atoms with Gasteiger partial charge >= 0.3 is 12.1 Å². The molecule has 7 heteroatoms. The summed E-state index contributed by atoms with van der Waals surface area (Å²) < 4.78 is 5.54. The first-order chi connectivity index (χ1) is 16.0. The van der Waals surface area contributed by atoms with E-state index in [9.17, 15) is 14.4 Å². The molecule has 2 aromatic carbocycles. The van der Waals surface area contributed by atoms with Crippen LogP contribution in [-0.2, 0) is 14.3 Å². The summed E-state index contributed by atoms with van der Waals surface area (Å²) in [6.07, 6.45) is 2.03. The van der Waals surface area contributed by atoms with Crippen LogP contribution in [-0.4, -0.2) is 41.8 Å². The van der Waals surface area contributed by atoms with Crippen LogP contribution in [0.2, 0.25) is 0 Å². The minimum Gasteiger partial charge on any atom is -0.481 e. The average molecular weight is 451 g/mol. The van der Waals surface area contributed by atoms with E-state index >= 15 is 0 Å². The summed E-state index contributed by atoms with van der Waals surface area (Å²) in [5.74, 6) is -0.998. The molecular formula is C26H30N2O5. The molecule has 7 nitrogen and oxygen atoms in total. The van der Waals surface area contributed by atoms with Crippen molar-refractivity contribution in [2.75, 3.05) is 6.61 Å². The van der Waals surface area contributed by atoms with Crippen LogP contribution in [0.3, 0.4) is 0 Å². The van der Waals surface area contributed by atoms with Crippen LogP contribution in [0, 0.1) is 5.92 Å². The molecule has 2 atom stereocenters. The fourth-order valence-corrected chi connectivity index (χ4v) is 4.65. The zero-order valence-electron chi connectivity index (χ0n) is 18.8. The van der Waals surface area contributed by atoms with E-state index in [1.807, 2.05) is 43.3 Å². The molecule has 2 aromatic rings. The SMILES string of the molecule is CCC(NC(=O)C(CCC(=O)O)NC(=O)OCC1c2ccccc2-c2ccccc21)C1CC1. The van der Waals surface area contributed by atoms with Gasteiger partial charge in [-0.25, -0.2) is 4.79 Å². The lowest BCUT2D eigenvalue weighted by molar-refractivity contribution is -0.137. The second kappa shape index (κ2) is 10.1. The zero-order chi connectivity index (χ0) is 23.4. The van der Waals surface area contributed by atoms with Crippen molar-refractivity contribution in [3.05, 3.63) is 59.7 Å². The Labute approximate surface area is 193 Å². The van der Waals surface area contributed by atoms with Gasteiger partial charge in [0.1, 0.15) is 12.6 Å². The topological polar surface area (TPSA) is 105 Å². The van der Waals surface area contributed by atoms with Gasteiger partial charge in [-0.2, -0.15) is 0 Å². The van der Waals surface area contributed by atoms with E-state index in [2.05, 4.69) is 22.8 Å². The molecule has 2 amide bonds. The minimum atomic E-state index is -1.02. The van der Waals surface area contributed by atoms with Gasteiger partial charge in [-0.05, 0) is 53.9 Å². The van der Waals surface area contributed by atoms with Gasteiger partial charge in [-0.15, -0.1) is 0 Å². The highest BCUT2D eigenvalue weighted by Gasteiger charge is 2.34. The highest BCUT2D eigenvalue weighted by molar-refractivity contribution is 5.86. The molecule has 2 aliphatic carbocycles. The quantitative estimate of drug-likeness (QED) is 0.506. The number of carboxylic acids is 1. The standard InChI is InChI=1S/C26H30N2O5/c1-2-22(16-11-12-16)27-25(31)23(13-14-24(29)30)28-26(32)33-15-21-19-9-5-3-7-17(19)18-8-4-6-10-20(18)21/h3-10,16,21-23H,2,11-15H2,1H3,(H,27,31)(H,28,32)(H,29,30). The predicted octanol–water partition coefficient (Wildman–Crippen LogP) is 4.06. The maximum Gasteiger partial charge on any atom is 0.407 e. The Kier molecular flexibility index (Phi) is 6.96. The van der Waals surface area contributed by atoms with Gasteiger partial charge in [0, 0.05) is 18.4 Å². The van der Waals surface area contributed by atoms with Crippen molar-refractivity contribution < 1.29 is 24.2 Å². The van der Waals surface area contributed by atoms with Gasteiger partial charge < -0.3 is 20.5 Å². The van der Waals surface area contributed by atoms with Gasteiger partial charge in [-0.1, -0.05) is 55.5 Å². The number of benzene rings is 2. The normalized spacial score (nSPS) is 16.3. The smallest absolute Gasteiger partial charge is 0.407 e. The summed E-state index contributed by atoms with van der Waals surface area (Å²) in [4.78, 5) is 36.5. The van der Waals surface area contributed by atoms with Gasteiger partial charge in [0.25, 0.3) is 0 Å². The molecular weight excluding hydrogens is 420 g/mol. The van der Waals surface area contributed by atoms with Crippen LogP contribution in [0.1, 0.15) is 56.1 Å². The maximum absolute atomic E-state index is 12.8. The van der Waals surface area contributed by atoms with E-state index in [1.54, 1.807) is 0 Å². The first-order valence-corrected chi connectivity index (χ1v) is 11.6. The van der Waals surface area contributed by atoms with E-state index in [-0.39, 0.29) is 37.3 Å². The summed E-state index contributed by atoms with van der Waals surface area (Å²) >= 11 is 0. The van der Waals surface area contributed by atoms with E-state index in [1.165, 1.54) is 0 Å². The number of carbonyl (C=O) groups is 3. The summed E-state index contributed by atoms with van der Waals surface area (Å²) in [7, 11) is 0. The van der Waals surface area contributed by atoms with Gasteiger partial charge in [0.2, 0.25) is 5.91 Å². The number of carbonyl (C=O) groups excluding carboxylic acids is 2. The van der Waals surface area contributed by atoms with Crippen molar-refractivity contribution in [2.45, 2.75) is 57.0 Å². The number of aliphatic carboxylic acids is 1. The fraction of sp³-hybridized carbons (Fsp3) is 0.423. The van der Waals surface area contributed by atoms with Gasteiger partial charge in [0.15, 0.2) is 0 Å². The molecule has 33 heavy (non-hydrogen) atoms. The van der Waals surface area contributed by atoms with Crippen LogP contribution < -0.4 is 10.6 Å². The fourth-order valence-electron chi connectivity index (χ4n) is 4.65. The number of ether oxygens (including phenoxy) is 1. The highest BCUT2D eigenvalue weighted by Crippen LogP contribution is 2.44. The molecule has 1 saturated carbocycles. The van der Waals surface area contributed by atoms with E-state index in [4.69, 9.17) is 9.84 Å². The minimum absolute atomic E-state index is 0.00641. The third-order valence-corrected chi connectivity index (χ3v) is 6.56. The molecule has 174 valence electrons. The first-order valence-electron chi connectivity index (χ1n) is 11.6. The summed E-state index contributed by atoms with van der Waals surface area (Å²) in [5, 5.41) is 14.6. The second-order valence-electron chi connectivity index (χ2n) is 8.82. The van der Waals surface area contributed by atoms with Crippen molar-refractivity contribution >= 4 is 18.0 Å². The van der Waals surface area contributed by atoms with Gasteiger partial charge in [0.05, 0.1) is 0 Å². The van der Waals surface area contributed by atoms with Crippen molar-refractivity contribution in [1.29, 1.82) is 0 Å². The van der Waals surface area contributed by atoms with Gasteiger partial charge in [-0.3, -0.25) is 9.59 Å². The Morgan fingerprint density at radius 1 is 1.00 bits per heavy atom. The van der Waals surface area contributed by atoms with Crippen LogP contribution in [0.25, 0.3) is 11.1 Å². The molecule has 0 saturated heterocycles. The molecule has 0 heterocycles. The highest BCUT2D eigenvalue weighted by atomic mass is 16.5. The Morgan fingerprint density at radius 2 is 1.61 bits per heavy atom. The number of nitrogens with one attached hydrogen (secondary N) is 2. The Hall–Kier alpha value is -3.35. The summed E-state index contributed by atoms with van der Waals surface area (Å²) in [6.45, 7) is 2.14. The summed E-state index contributed by atoms with van der Waals surface area (Å²) in [6, 6.07) is 15.2. The molecule has 4 rings (SSSR count). The van der Waals surface area contributed by atoms with Crippen LogP contribution in [0.4, 0.5) is 4.79 Å². The first kappa shape index (κ1) is 22.8. The number of fused-ring (bicyclic) bond motifs is 3. The molecule has 2 aliphatic rings. The molecule has 2 unspecified atom stereocenters. The Bertz CT molecular complexity index is 987. The molecule has 0 bridgehead atoms.